The van der Waals surface area contributed by atoms with Crippen molar-refractivity contribution in [1.82, 2.24) is 4.98 Å². The first-order valence-corrected chi connectivity index (χ1v) is 8.10. The number of aryl methyl sites for hydroxylation is 1. The standard InChI is InChI=1S/C21H18FNO3/c1-14-8-9-16(10-18(14)22)19-11-17(21(24)25-2)12-20(23-19)26-13-15-6-4-3-5-7-15/h3-12H,13H2,1-2H3. The average Bonchev–Trinajstić information content (AvgIpc) is 2.68. The fourth-order valence-electron chi connectivity index (χ4n) is 2.45. The van der Waals surface area contributed by atoms with Gasteiger partial charge in [-0.05, 0) is 30.2 Å². The number of hydrogen-bond acceptors (Lipinski definition) is 4. The topological polar surface area (TPSA) is 48.4 Å². The van der Waals surface area contributed by atoms with Crippen molar-refractivity contribution in [3.05, 3.63) is 83.2 Å². The summed E-state index contributed by atoms with van der Waals surface area (Å²) in [5.74, 6) is -0.571. The van der Waals surface area contributed by atoms with Crippen molar-refractivity contribution in [2.75, 3.05) is 7.11 Å². The highest BCUT2D eigenvalue weighted by Crippen LogP contribution is 2.25. The molecule has 4 nitrogen and oxygen atoms in total. The van der Waals surface area contributed by atoms with E-state index in [1.165, 1.54) is 19.2 Å². The molecule has 0 N–H and O–H groups in total. The van der Waals surface area contributed by atoms with Gasteiger partial charge in [0.2, 0.25) is 5.88 Å². The van der Waals surface area contributed by atoms with Crippen molar-refractivity contribution >= 4 is 5.97 Å². The molecule has 0 aliphatic carbocycles. The van der Waals surface area contributed by atoms with Gasteiger partial charge in [-0.3, -0.25) is 0 Å². The number of aromatic nitrogens is 1. The zero-order valence-electron chi connectivity index (χ0n) is 14.5. The number of ether oxygens (including phenoxy) is 2. The third-order valence-electron chi connectivity index (χ3n) is 3.92. The van der Waals surface area contributed by atoms with Gasteiger partial charge in [0, 0.05) is 11.6 Å². The minimum atomic E-state index is -0.509. The van der Waals surface area contributed by atoms with Crippen LogP contribution in [-0.2, 0) is 11.3 Å². The molecular weight excluding hydrogens is 333 g/mol. The number of hydrogen-bond donors (Lipinski definition) is 0. The highest BCUT2D eigenvalue weighted by molar-refractivity contribution is 5.91. The second-order valence-corrected chi connectivity index (χ2v) is 5.81. The lowest BCUT2D eigenvalue weighted by Gasteiger charge is -2.10. The highest BCUT2D eigenvalue weighted by atomic mass is 19.1. The maximum atomic E-state index is 13.9. The van der Waals surface area contributed by atoms with Crippen molar-refractivity contribution < 1.29 is 18.7 Å². The SMILES string of the molecule is COC(=O)c1cc(OCc2ccccc2)nc(-c2ccc(C)c(F)c2)c1. The Bertz CT molecular complexity index is 926. The summed E-state index contributed by atoms with van der Waals surface area (Å²) >= 11 is 0. The molecule has 0 fully saturated rings. The van der Waals surface area contributed by atoms with Gasteiger partial charge in [0.05, 0.1) is 18.4 Å². The zero-order valence-corrected chi connectivity index (χ0v) is 14.5. The summed E-state index contributed by atoms with van der Waals surface area (Å²) in [5, 5.41) is 0. The Hall–Kier alpha value is -3.21. The van der Waals surface area contributed by atoms with Gasteiger partial charge in [0.15, 0.2) is 0 Å². The molecule has 1 heterocycles. The van der Waals surface area contributed by atoms with E-state index in [2.05, 4.69) is 4.98 Å². The van der Waals surface area contributed by atoms with Gasteiger partial charge in [-0.25, -0.2) is 14.2 Å². The van der Waals surface area contributed by atoms with Crippen LogP contribution in [-0.4, -0.2) is 18.1 Å². The molecule has 0 saturated heterocycles. The number of benzene rings is 2. The first-order valence-electron chi connectivity index (χ1n) is 8.10. The lowest BCUT2D eigenvalue weighted by molar-refractivity contribution is 0.0600. The summed E-state index contributed by atoms with van der Waals surface area (Å²) < 4.78 is 24.4. The second kappa shape index (κ2) is 7.78. The highest BCUT2D eigenvalue weighted by Gasteiger charge is 2.13. The summed E-state index contributed by atoms with van der Waals surface area (Å²) in [6.45, 7) is 1.99. The van der Waals surface area contributed by atoms with Crippen molar-refractivity contribution in [3.63, 3.8) is 0 Å². The van der Waals surface area contributed by atoms with Gasteiger partial charge < -0.3 is 9.47 Å². The Morgan fingerprint density at radius 2 is 1.85 bits per heavy atom. The lowest BCUT2D eigenvalue weighted by atomic mass is 10.1. The van der Waals surface area contributed by atoms with Crippen LogP contribution in [0.15, 0.2) is 60.7 Å². The van der Waals surface area contributed by atoms with Gasteiger partial charge in [-0.1, -0.05) is 42.5 Å². The molecule has 5 heteroatoms. The Balaban J connectivity index is 1.95. The van der Waals surface area contributed by atoms with Crippen LogP contribution in [0, 0.1) is 12.7 Å². The van der Waals surface area contributed by atoms with Crippen LogP contribution in [0.1, 0.15) is 21.5 Å². The number of carbonyl (C=O) groups excluding carboxylic acids is 1. The van der Waals surface area contributed by atoms with Gasteiger partial charge in [0.1, 0.15) is 12.4 Å². The van der Waals surface area contributed by atoms with E-state index < -0.39 is 5.97 Å². The maximum Gasteiger partial charge on any atom is 0.338 e. The van der Waals surface area contributed by atoms with E-state index in [9.17, 15) is 9.18 Å². The molecule has 0 aliphatic heterocycles. The van der Waals surface area contributed by atoms with E-state index in [0.29, 0.717) is 29.0 Å². The van der Waals surface area contributed by atoms with Crippen LogP contribution in [0.5, 0.6) is 5.88 Å². The van der Waals surface area contributed by atoms with Crippen LogP contribution in [0.25, 0.3) is 11.3 Å². The first kappa shape index (κ1) is 17.6. The maximum absolute atomic E-state index is 13.9. The molecule has 0 saturated carbocycles. The number of methoxy groups -OCH3 is 1. The molecule has 2 aromatic carbocycles. The molecule has 0 spiro atoms. The zero-order chi connectivity index (χ0) is 18.5. The number of esters is 1. The first-order chi connectivity index (χ1) is 12.6. The van der Waals surface area contributed by atoms with E-state index in [4.69, 9.17) is 9.47 Å². The fraction of sp³-hybridized carbons (Fsp3) is 0.143. The summed E-state index contributed by atoms with van der Waals surface area (Å²) in [6, 6.07) is 17.5. The van der Waals surface area contributed by atoms with Crippen LogP contribution >= 0.6 is 0 Å². The van der Waals surface area contributed by atoms with Crippen LogP contribution in [0.4, 0.5) is 4.39 Å². The summed E-state index contributed by atoms with van der Waals surface area (Å²) in [5.41, 5.74) is 2.80. The molecule has 0 unspecified atom stereocenters. The smallest absolute Gasteiger partial charge is 0.338 e. The molecule has 3 aromatic rings. The molecule has 26 heavy (non-hydrogen) atoms. The monoisotopic (exact) mass is 351 g/mol. The molecule has 3 rings (SSSR count). The van der Waals surface area contributed by atoms with Crippen molar-refractivity contribution in [3.8, 4) is 17.1 Å². The molecular formula is C21H18FNO3. The third kappa shape index (κ3) is 4.06. The van der Waals surface area contributed by atoms with Gasteiger partial charge in [-0.2, -0.15) is 0 Å². The average molecular weight is 351 g/mol. The predicted molar refractivity (Wildman–Crippen MR) is 96.5 cm³/mol. The van der Waals surface area contributed by atoms with Crippen molar-refractivity contribution in [1.29, 1.82) is 0 Å². The number of carbonyl (C=O) groups is 1. The minimum Gasteiger partial charge on any atom is -0.473 e. The summed E-state index contributed by atoms with van der Waals surface area (Å²) in [6.07, 6.45) is 0. The molecule has 0 radical (unpaired) electrons. The summed E-state index contributed by atoms with van der Waals surface area (Å²) in [4.78, 5) is 16.4. The molecule has 0 bridgehead atoms. The largest absolute Gasteiger partial charge is 0.473 e. The van der Waals surface area contributed by atoms with Gasteiger partial charge in [-0.15, -0.1) is 0 Å². The number of rotatable bonds is 5. The third-order valence-corrected chi connectivity index (χ3v) is 3.92. The molecule has 132 valence electrons. The predicted octanol–water partition coefficient (Wildman–Crippen LogP) is 4.56. The van der Waals surface area contributed by atoms with Crippen LogP contribution in [0.3, 0.4) is 0 Å². The van der Waals surface area contributed by atoms with Crippen LogP contribution in [0.2, 0.25) is 0 Å². The van der Waals surface area contributed by atoms with Crippen molar-refractivity contribution in [2.24, 2.45) is 0 Å². The number of nitrogens with zero attached hydrogens (tertiary/aromatic N) is 1. The van der Waals surface area contributed by atoms with Gasteiger partial charge in [0.25, 0.3) is 0 Å². The van der Waals surface area contributed by atoms with E-state index in [0.717, 1.165) is 5.56 Å². The fourth-order valence-corrected chi connectivity index (χ4v) is 2.45. The Morgan fingerprint density at radius 1 is 1.08 bits per heavy atom. The molecule has 0 aliphatic rings. The van der Waals surface area contributed by atoms with Crippen LogP contribution < -0.4 is 4.74 Å². The van der Waals surface area contributed by atoms with E-state index >= 15 is 0 Å². The Kier molecular flexibility index (Phi) is 5.27. The normalized spacial score (nSPS) is 10.4. The van der Waals surface area contributed by atoms with Gasteiger partial charge >= 0.3 is 5.97 Å². The Labute approximate surface area is 151 Å². The van der Waals surface area contributed by atoms with E-state index in [1.807, 2.05) is 30.3 Å². The number of halogens is 1. The molecule has 0 amide bonds. The van der Waals surface area contributed by atoms with E-state index in [1.54, 1.807) is 25.1 Å². The molecule has 0 atom stereocenters. The van der Waals surface area contributed by atoms with E-state index in [-0.39, 0.29) is 11.7 Å². The minimum absolute atomic E-state index is 0.271. The summed E-state index contributed by atoms with van der Waals surface area (Å²) in [7, 11) is 1.30. The quantitative estimate of drug-likeness (QED) is 0.632. The Morgan fingerprint density at radius 3 is 2.54 bits per heavy atom. The molecule has 1 aromatic heterocycles. The lowest BCUT2D eigenvalue weighted by Crippen LogP contribution is -2.05. The van der Waals surface area contributed by atoms with Crippen molar-refractivity contribution in [2.45, 2.75) is 13.5 Å². The second-order valence-electron chi connectivity index (χ2n) is 5.81. The number of pyridine rings is 1.